The zero-order valence-electron chi connectivity index (χ0n) is 9.72. The molecule has 19 heavy (non-hydrogen) atoms. The van der Waals surface area contributed by atoms with E-state index in [2.05, 4.69) is 9.97 Å². The summed E-state index contributed by atoms with van der Waals surface area (Å²) < 4.78 is 6.97. The molecule has 3 rings (SSSR count). The second-order valence-corrected chi connectivity index (χ2v) is 4.78. The van der Waals surface area contributed by atoms with Gasteiger partial charge in [0.15, 0.2) is 6.23 Å². The molecular formula is C11H12ClN3O4. The molecule has 4 atom stereocenters. The van der Waals surface area contributed by atoms with E-state index in [0.717, 1.165) is 0 Å². The molecule has 3 N–H and O–H groups in total. The summed E-state index contributed by atoms with van der Waals surface area (Å²) in [5.74, 6) is 0. The number of aromatic nitrogens is 3. The normalized spacial score (nSPS) is 31.2. The molecule has 7 nitrogen and oxygen atoms in total. The monoisotopic (exact) mass is 285 g/mol. The maximum absolute atomic E-state index is 9.99. The first-order valence-corrected chi connectivity index (χ1v) is 6.09. The highest BCUT2D eigenvalue weighted by Crippen LogP contribution is 2.34. The van der Waals surface area contributed by atoms with Crippen LogP contribution in [0.4, 0.5) is 0 Å². The van der Waals surface area contributed by atoms with Crippen molar-refractivity contribution in [3.05, 3.63) is 23.7 Å². The molecule has 1 fully saturated rings. The van der Waals surface area contributed by atoms with Crippen LogP contribution < -0.4 is 0 Å². The van der Waals surface area contributed by atoms with E-state index in [1.54, 1.807) is 12.4 Å². The summed E-state index contributed by atoms with van der Waals surface area (Å²) >= 11 is 6.06. The first-order valence-electron chi connectivity index (χ1n) is 5.72. The van der Waals surface area contributed by atoms with E-state index in [0.29, 0.717) is 16.1 Å². The largest absolute Gasteiger partial charge is 0.394 e. The molecule has 1 saturated heterocycles. The van der Waals surface area contributed by atoms with Gasteiger partial charge in [0.2, 0.25) is 0 Å². The minimum atomic E-state index is -1.17. The third kappa shape index (κ3) is 1.90. The number of halogens is 1. The number of rotatable bonds is 2. The molecule has 0 bridgehead atoms. The number of aliphatic hydroxyl groups is 3. The van der Waals surface area contributed by atoms with Gasteiger partial charge >= 0.3 is 0 Å². The Morgan fingerprint density at radius 2 is 2.16 bits per heavy atom. The Morgan fingerprint density at radius 3 is 2.84 bits per heavy atom. The van der Waals surface area contributed by atoms with Gasteiger partial charge in [-0.3, -0.25) is 0 Å². The Kier molecular flexibility index (Phi) is 3.15. The third-order valence-corrected chi connectivity index (χ3v) is 3.54. The highest BCUT2D eigenvalue weighted by Gasteiger charge is 2.43. The summed E-state index contributed by atoms with van der Waals surface area (Å²) in [5, 5.41) is 29.9. The number of nitrogens with zero attached hydrogens (tertiary/aromatic N) is 3. The molecule has 0 aliphatic carbocycles. The molecule has 4 unspecified atom stereocenters. The Bertz CT molecular complexity index is 605. The Labute approximate surface area is 113 Å². The minimum Gasteiger partial charge on any atom is -0.394 e. The van der Waals surface area contributed by atoms with Crippen molar-refractivity contribution in [1.29, 1.82) is 0 Å². The van der Waals surface area contributed by atoms with Gasteiger partial charge in [-0.05, 0) is 0 Å². The van der Waals surface area contributed by atoms with Gasteiger partial charge in [-0.25, -0.2) is 9.97 Å². The van der Waals surface area contributed by atoms with E-state index < -0.39 is 24.5 Å². The molecule has 0 amide bonds. The van der Waals surface area contributed by atoms with Gasteiger partial charge in [-0.1, -0.05) is 11.6 Å². The lowest BCUT2D eigenvalue weighted by Crippen LogP contribution is -2.33. The van der Waals surface area contributed by atoms with E-state index >= 15 is 0 Å². The van der Waals surface area contributed by atoms with Gasteiger partial charge < -0.3 is 24.6 Å². The smallest absolute Gasteiger partial charge is 0.164 e. The molecule has 0 saturated carbocycles. The Balaban J connectivity index is 2.06. The Hall–Kier alpha value is -1.25. The number of ether oxygens (including phenoxy) is 1. The van der Waals surface area contributed by atoms with Crippen LogP contribution in [0.1, 0.15) is 6.23 Å². The van der Waals surface area contributed by atoms with Crippen LogP contribution in [0.25, 0.3) is 11.0 Å². The molecule has 0 aromatic carbocycles. The summed E-state index contributed by atoms with van der Waals surface area (Å²) in [7, 11) is 0. The second-order valence-electron chi connectivity index (χ2n) is 4.37. The second kappa shape index (κ2) is 4.69. The van der Waals surface area contributed by atoms with Crippen molar-refractivity contribution >= 4 is 22.6 Å². The van der Waals surface area contributed by atoms with E-state index in [1.807, 2.05) is 0 Å². The number of fused-ring (bicyclic) bond motifs is 1. The van der Waals surface area contributed by atoms with Crippen molar-refractivity contribution in [2.24, 2.45) is 0 Å². The predicted molar refractivity (Wildman–Crippen MR) is 65.5 cm³/mol. The molecule has 2 aromatic heterocycles. The molecule has 3 heterocycles. The van der Waals surface area contributed by atoms with Gasteiger partial charge in [0.05, 0.1) is 17.0 Å². The van der Waals surface area contributed by atoms with Crippen LogP contribution in [0, 0.1) is 0 Å². The van der Waals surface area contributed by atoms with E-state index in [-0.39, 0.29) is 6.61 Å². The fourth-order valence-corrected chi connectivity index (χ4v) is 2.49. The molecule has 2 aromatic rings. The lowest BCUT2D eigenvalue weighted by molar-refractivity contribution is -0.0508. The number of aliphatic hydroxyl groups excluding tert-OH is 3. The van der Waals surface area contributed by atoms with Crippen LogP contribution in [0.2, 0.25) is 5.02 Å². The topological polar surface area (TPSA) is 101 Å². The van der Waals surface area contributed by atoms with Crippen molar-refractivity contribution in [3.8, 4) is 0 Å². The molecule has 0 radical (unpaired) electrons. The lowest BCUT2D eigenvalue weighted by Gasteiger charge is -2.16. The van der Waals surface area contributed by atoms with Gasteiger partial charge in [-0.2, -0.15) is 0 Å². The maximum Gasteiger partial charge on any atom is 0.164 e. The highest BCUT2D eigenvalue weighted by molar-refractivity contribution is 6.35. The van der Waals surface area contributed by atoms with Gasteiger partial charge in [0.1, 0.15) is 30.3 Å². The standard InChI is InChI=1S/C11H12ClN3O4/c12-6-2-15(10-5(6)1-13-4-14-10)11-9(18)8(17)7(3-16)19-11/h1-2,4,7-9,11,16-18H,3H2. The third-order valence-electron chi connectivity index (χ3n) is 3.24. The summed E-state index contributed by atoms with van der Waals surface area (Å²) in [4.78, 5) is 7.97. The van der Waals surface area contributed by atoms with Gasteiger partial charge in [-0.15, -0.1) is 0 Å². The number of hydrogen-bond acceptors (Lipinski definition) is 6. The summed E-state index contributed by atoms with van der Waals surface area (Å²) in [5.41, 5.74) is 0.495. The first-order chi connectivity index (χ1) is 9.13. The van der Waals surface area contributed by atoms with Crippen molar-refractivity contribution < 1.29 is 20.1 Å². The van der Waals surface area contributed by atoms with Crippen molar-refractivity contribution in [1.82, 2.24) is 14.5 Å². The summed E-state index contributed by atoms with van der Waals surface area (Å²) in [6.07, 6.45) is 0.460. The van der Waals surface area contributed by atoms with Crippen molar-refractivity contribution in [2.75, 3.05) is 6.61 Å². The van der Waals surface area contributed by atoms with Crippen LogP contribution in [-0.4, -0.2) is 54.8 Å². The first kappa shape index (κ1) is 12.8. The molecule has 8 heteroatoms. The summed E-state index contributed by atoms with van der Waals surface area (Å²) in [6, 6.07) is 0. The molecule has 0 spiro atoms. The van der Waals surface area contributed by atoms with E-state index in [1.165, 1.54) is 10.9 Å². The van der Waals surface area contributed by atoms with Crippen LogP contribution in [-0.2, 0) is 4.74 Å². The quantitative estimate of drug-likeness (QED) is 0.700. The zero-order chi connectivity index (χ0) is 13.6. The Morgan fingerprint density at radius 1 is 1.37 bits per heavy atom. The van der Waals surface area contributed by atoms with Crippen molar-refractivity contribution in [2.45, 2.75) is 24.5 Å². The average Bonchev–Trinajstić information content (AvgIpc) is 2.90. The summed E-state index contributed by atoms with van der Waals surface area (Å²) in [6.45, 7) is -0.378. The van der Waals surface area contributed by atoms with Gasteiger partial charge in [0.25, 0.3) is 0 Å². The van der Waals surface area contributed by atoms with E-state index in [4.69, 9.17) is 21.4 Å². The fourth-order valence-electron chi connectivity index (χ4n) is 2.25. The predicted octanol–water partition coefficient (Wildman–Crippen LogP) is -0.304. The molecule has 1 aliphatic heterocycles. The van der Waals surface area contributed by atoms with Crippen LogP contribution in [0.5, 0.6) is 0 Å². The highest BCUT2D eigenvalue weighted by atomic mass is 35.5. The maximum atomic E-state index is 9.99. The van der Waals surface area contributed by atoms with Crippen molar-refractivity contribution in [3.63, 3.8) is 0 Å². The minimum absolute atomic E-state index is 0.378. The van der Waals surface area contributed by atoms with Crippen LogP contribution in [0.15, 0.2) is 18.7 Å². The molecular weight excluding hydrogens is 274 g/mol. The fraction of sp³-hybridized carbons (Fsp3) is 0.455. The molecule has 102 valence electrons. The van der Waals surface area contributed by atoms with Crippen LogP contribution >= 0.6 is 11.6 Å². The zero-order valence-corrected chi connectivity index (χ0v) is 10.5. The van der Waals surface area contributed by atoms with Gasteiger partial charge in [0, 0.05) is 12.4 Å². The SMILES string of the molecule is OCC1OC(n2cc(Cl)c3cncnc32)C(O)C1O. The van der Waals surface area contributed by atoms with Crippen LogP contribution in [0.3, 0.4) is 0 Å². The lowest BCUT2D eigenvalue weighted by atomic mass is 10.1. The molecule has 1 aliphatic rings. The average molecular weight is 286 g/mol. The number of hydrogen-bond donors (Lipinski definition) is 3. The van der Waals surface area contributed by atoms with E-state index in [9.17, 15) is 10.2 Å².